The molecule has 342 valence electrons. The van der Waals surface area contributed by atoms with E-state index in [4.69, 9.17) is 18.5 Å². The summed E-state index contributed by atoms with van der Waals surface area (Å²) in [5.74, 6) is -0.487. The lowest BCUT2D eigenvalue weighted by Crippen LogP contribution is -2.64. The first-order chi connectivity index (χ1) is 28.0. The molecule has 0 bridgehead atoms. The Kier molecular flexibility index (Phi) is 34.5. The van der Waals surface area contributed by atoms with Crippen molar-refractivity contribution >= 4 is 13.8 Å². The minimum absolute atomic E-state index is 0.0799. The molecule has 0 aromatic rings. The van der Waals surface area contributed by atoms with Gasteiger partial charge in [-0.25, -0.2) is 4.57 Å². The number of carbonyl (C=O) groups is 1. The zero-order valence-electron chi connectivity index (χ0n) is 36.4. The van der Waals surface area contributed by atoms with Crippen molar-refractivity contribution in [1.29, 1.82) is 0 Å². The Bertz CT molecular complexity index is 1060. The highest BCUT2D eigenvalue weighted by atomic mass is 31.2. The molecule has 1 aliphatic carbocycles. The van der Waals surface area contributed by atoms with Gasteiger partial charge in [-0.1, -0.05) is 147 Å². The molecule has 6 N–H and O–H groups in total. The SMILES string of the molecule is CCCCC/C=C\CCCCCCCC(=O)OC(COCCCCCCCCCC/C=C\CCCCCCCCC)COP(=O)(O)OC1C(O)C(O)C(O)C(O)C1O. The zero-order valence-corrected chi connectivity index (χ0v) is 37.2. The third-order valence-electron chi connectivity index (χ3n) is 10.8. The second kappa shape index (κ2) is 36.5. The summed E-state index contributed by atoms with van der Waals surface area (Å²) in [5.41, 5.74) is 0. The Balaban J connectivity index is 2.37. The largest absolute Gasteiger partial charge is 0.472 e. The third-order valence-corrected chi connectivity index (χ3v) is 11.8. The number of phosphoric ester groups is 1. The number of carbonyl (C=O) groups excluding carboxylic acids is 1. The standard InChI is InChI=1S/C45H85O12P/c1-3-5-7-9-11-13-15-17-18-19-20-21-22-23-25-27-29-31-33-35-54-36-38(56-39(46)34-32-30-28-26-24-16-14-12-10-8-6-4-2)37-55-58(52,53)57-45-43(50)41(48)40(47)42(49)44(45)51/h12,14,18-19,38,40-45,47-51H,3-11,13,15-17,20-37H2,1-2H3,(H,52,53)/b14-12-,19-18-. The van der Waals surface area contributed by atoms with Crippen LogP contribution in [0.3, 0.4) is 0 Å². The molecule has 0 saturated heterocycles. The van der Waals surface area contributed by atoms with Gasteiger partial charge in [-0.3, -0.25) is 13.8 Å². The molecular weight excluding hydrogens is 763 g/mol. The van der Waals surface area contributed by atoms with Gasteiger partial charge in [0.2, 0.25) is 0 Å². The summed E-state index contributed by atoms with van der Waals surface area (Å²) in [7, 11) is -5.02. The summed E-state index contributed by atoms with van der Waals surface area (Å²) in [5, 5.41) is 50.1. The molecule has 1 aliphatic rings. The molecule has 13 heteroatoms. The zero-order chi connectivity index (χ0) is 42.7. The fourth-order valence-electron chi connectivity index (χ4n) is 7.05. The molecule has 0 aromatic carbocycles. The van der Waals surface area contributed by atoms with Crippen molar-refractivity contribution in [3.05, 3.63) is 24.3 Å². The monoisotopic (exact) mass is 849 g/mol. The molecular formula is C45H85O12P. The molecule has 0 aliphatic heterocycles. The van der Waals surface area contributed by atoms with Gasteiger partial charge < -0.3 is 39.9 Å². The van der Waals surface area contributed by atoms with E-state index in [1.54, 1.807) is 0 Å². The van der Waals surface area contributed by atoms with Gasteiger partial charge >= 0.3 is 13.8 Å². The van der Waals surface area contributed by atoms with Gasteiger partial charge in [0.05, 0.1) is 13.2 Å². The van der Waals surface area contributed by atoms with Crippen molar-refractivity contribution < 1.29 is 58.3 Å². The van der Waals surface area contributed by atoms with Crippen LogP contribution in [0.25, 0.3) is 0 Å². The molecule has 1 saturated carbocycles. The summed E-state index contributed by atoms with van der Waals surface area (Å²) < 4.78 is 34.1. The Morgan fingerprint density at radius 3 is 1.40 bits per heavy atom. The minimum Gasteiger partial charge on any atom is -0.457 e. The molecule has 6 atom stereocenters. The number of allylic oxidation sites excluding steroid dienone is 4. The number of aliphatic hydroxyl groups is 5. The molecule has 1 fully saturated rings. The molecule has 12 nitrogen and oxygen atoms in total. The maximum absolute atomic E-state index is 12.8. The number of esters is 1. The van der Waals surface area contributed by atoms with Crippen molar-refractivity contribution in [2.75, 3.05) is 19.8 Å². The molecule has 0 aromatic heterocycles. The average Bonchev–Trinajstić information content (AvgIpc) is 3.21. The normalized spacial score (nSPS) is 22.8. The first-order valence-corrected chi connectivity index (χ1v) is 24.7. The van der Waals surface area contributed by atoms with E-state index in [-0.39, 0.29) is 13.0 Å². The van der Waals surface area contributed by atoms with Gasteiger partial charge in [0.15, 0.2) is 0 Å². The van der Waals surface area contributed by atoms with Crippen molar-refractivity contribution in [1.82, 2.24) is 0 Å². The van der Waals surface area contributed by atoms with Crippen LogP contribution in [0, 0.1) is 0 Å². The number of hydrogen-bond acceptors (Lipinski definition) is 11. The summed E-state index contributed by atoms with van der Waals surface area (Å²) in [6.07, 6.45) is 28.2. The summed E-state index contributed by atoms with van der Waals surface area (Å²) in [6.45, 7) is 4.22. The van der Waals surface area contributed by atoms with Crippen LogP contribution in [0.15, 0.2) is 24.3 Å². The smallest absolute Gasteiger partial charge is 0.457 e. The summed E-state index contributed by atoms with van der Waals surface area (Å²) in [6, 6.07) is 0. The van der Waals surface area contributed by atoms with E-state index in [0.29, 0.717) is 13.0 Å². The van der Waals surface area contributed by atoms with Crippen LogP contribution in [0.2, 0.25) is 0 Å². The van der Waals surface area contributed by atoms with Crippen LogP contribution in [0.5, 0.6) is 0 Å². The number of hydrogen-bond donors (Lipinski definition) is 6. The second-order valence-corrected chi connectivity index (χ2v) is 17.7. The van der Waals surface area contributed by atoms with E-state index >= 15 is 0 Å². The number of rotatable bonds is 39. The average molecular weight is 849 g/mol. The van der Waals surface area contributed by atoms with Gasteiger partial charge in [-0.2, -0.15) is 0 Å². The lowest BCUT2D eigenvalue weighted by Gasteiger charge is -2.41. The van der Waals surface area contributed by atoms with Crippen LogP contribution < -0.4 is 0 Å². The van der Waals surface area contributed by atoms with Gasteiger partial charge in [0.25, 0.3) is 0 Å². The Hall–Kier alpha value is -1.18. The predicted octanol–water partition coefficient (Wildman–Crippen LogP) is 9.31. The van der Waals surface area contributed by atoms with Crippen LogP contribution in [0.1, 0.15) is 194 Å². The minimum atomic E-state index is -5.02. The van der Waals surface area contributed by atoms with Gasteiger partial charge in [-0.15, -0.1) is 0 Å². The highest BCUT2D eigenvalue weighted by Crippen LogP contribution is 2.47. The molecule has 0 amide bonds. The summed E-state index contributed by atoms with van der Waals surface area (Å²) >= 11 is 0. The first kappa shape index (κ1) is 54.8. The molecule has 1 rings (SSSR count). The third kappa shape index (κ3) is 28.4. The maximum atomic E-state index is 12.8. The lowest BCUT2D eigenvalue weighted by atomic mass is 9.85. The Morgan fingerprint density at radius 2 is 0.914 bits per heavy atom. The van der Waals surface area contributed by atoms with Crippen molar-refractivity contribution in [3.63, 3.8) is 0 Å². The van der Waals surface area contributed by atoms with Crippen LogP contribution in [0.4, 0.5) is 0 Å². The van der Waals surface area contributed by atoms with Gasteiger partial charge in [0.1, 0.15) is 42.7 Å². The van der Waals surface area contributed by atoms with Crippen LogP contribution in [-0.2, 0) is 27.9 Å². The number of phosphoric acid groups is 1. The van der Waals surface area contributed by atoms with Crippen LogP contribution in [-0.4, -0.2) is 98.9 Å². The van der Waals surface area contributed by atoms with E-state index in [1.165, 1.54) is 109 Å². The fourth-order valence-corrected chi connectivity index (χ4v) is 8.02. The van der Waals surface area contributed by atoms with E-state index in [9.17, 15) is 39.8 Å². The molecule has 0 heterocycles. The second-order valence-electron chi connectivity index (χ2n) is 16.2. The number of aliphatic hydroxyl groups excluding tert-OH is 5. The highest BCUT2D eigenvalue weighted by molar-refractivity contribution is 7.47. The van der Waals surface area contributed by atoms with Gasteiger partial charge in [0, 0.05) is 13.0 Å². The Morgan fingerprint density at radius 1 is 0.534 bits per heavy atom. The maximum Gasteiger partial charge on any atom is 0.472 e. The van der Waals surface area contributed by atoms with E-state index in [1.807, 2.05) is 0 Å². The van der Waals surface area contributed by atoms with Crippen LogP contribution >= 0.6 is 7.82 Å². The highest BCUT2D eigenvalue weighted by Gasteiger charge is 2.51. The molecule has 0 radical (unpaired) electrons. The number of unbranched alkanes of at least 4 members (excludes halogenated alkanes) is 23. The quantitative estimate of drug-likeness (QED) is 0.0149. The Labute approximate surface area is 351 Å². The topological polar surface area (TPSA) is 192 Å². The van der Waals surface area contributed by atoms with Gasteiger partial charge in [-0.05, 0) is 64.2 Å². The van der Waals surface area contributed by atoms with E-state index < -0.39 is 63.1 Å². The van der Waals surface area contributed by atoms with E-state index in [2.05, 4.69) is 38.2 Å². The summed E-state index contributed by atoms with van der Waals surface area (Å²) in [4.78, 5) is 23.1. The predicted molar refractivity (Wildman–Crippen MR) is 230 cm³/mol. The molecule has 6 unspecified atom stereocenters. The molecule has 58 heavy (non-hydrogen) atoms. The van der Waals surface area contributed by atoms with E-state index in [0.717, 1.165) is 57.8 Å². The van der Waals surface area contributed by atoms with Crippen molar-refractivity contribution in [2.45, 2.75) is 236 Å². The van der Waals surface area contributed by atoms with Crippen molar-refractivity contribution in [3.8, 4) is 0 Å². The number of ether oxygens (including phenoxy) is 2. The molecule has 0 spiro atoms. The van der Waals surface area contributed by atoms with Crippen molar-refractivity contribution in [2.24, 2.45) is 0 Å². The fraction of sp³-hybridized carbons (Fsp3) is 0.889. The first-order valence-electron chi connectivity index (χ1n) is 23.2. The lowest BCUT2D eigenvalue weighted by molar-refractivity contribution is -0.220.